The van der Waals surface area contributed by atoms with Gasteiger partial charge in [-0.05, 0) is 58.5 Å². The highest BCUT2D eigenvalue weighted by atomic mass is 79.9. The zero-order valence-electron chi connectivity index (χ0n) is 16.9. The number of esters is 1. The summed E-state index contributed by atoms with van der Waals surface area (Å²) < 4.78 is 46.5. The normalized spacial score (nSPS) is 19.4. The molecule has 0 saturated carbocycles. The second kappa shape index (κ2) is 8.89. The number of carbonyl (C=O) groups is 1. The van der Waals surface area contributed by atoms with Gasteiger partial charge in [-0.3, -0.25) is 4.72 Å². The van der Waals surface area contributed by atoms with Gasteiger partial charge in [0.25, 0.3) is 10.0 Å². The van der Waals surface area contributed by atoms with Gasteiger partial charge in [0.1, 0.15) is 16.5 Å². The average molecular weight is 500 g/mol. The Labute approximate surface area is 183 Å². The van der Waals surface area contributed by atoms with E-state index in [0.717, 1.165) is 38.1 Å². The predicted octanol–water partition coefficient (Wildman–Crippen LogP) is 4.05. The number of benzene rings is 1. The summed E-state index contributed by atoms with van der Waals surface area (Å²) in [4.78, 5) is 18.0. The van der Waals surface area contributed by atoms with Crippen molar-refractivity contribution in [3.8, 4) is 0 Å². The number of nitrogens with zero attached hydrogens (tertiary/aromatic N) is 2. The van der Waals surface area contributed by atoms with Gasteiger partial charge in [-0.25, -0.2) is 22.6 Å². The molecule has 0 spiro atoms. The quantitative estimate of drug-likeness (QED) is 0.624. The molecule has 2 aromatic rings. The fraction of sp³-hybridized carbons (Fsp3) is 0.400. The lowest BCUT2D eigenvalue weighted by atomic mass is 9.92. The summed E-state index contributed by atoms with van der Waals surface area (Å²) in [5, 5.41) is 0. The molecule has 1 aliphatic heterocycles. The molecule has 10 heteroatoms. The van der Waals surface area contributed by atoms with E-state index in [9.17, 15) is 17.6 Å². The Morgan fingerprint density at radius 3 is 2.50 bits per heavy atom. The van der Waals surface area contributed by atoms with Crippen LogP contribution in [-0.4, -0.2) is 39.6 Å². The Morgan fingerprint density at radius 1 is 1.27 bits per heavy atom. The number of rotatable bonds is 5. The molecule has 30 heavy (non-hydrogen) atoms. The maximum absolute atomic E-state index is 14.0. The van der Waals surface area contributed by atoms with Crippen LogP contribution in [0.2, 0.25) is 0 Å². The lowest BCUT2D eigenvalue weighted by Gasteiger charge is -2.35. The highest BCUT2D eigenvalue weighted by molar-refractivity contribution is 9.10. The fourth-order valence-electron chi connectivity index (χ4n) is 3.70. The van der Waals surface area contributed by atoms with Crippen LogP contribution in [0, 0.1) is 17.7 Å². The number of carbonyl (C=O) groups excluding carboxylic acids is 1. The van der Waals surface area contributed by atoms with Crippen LogP contribution in [0.5, 0.6) is 0 Å². The van der Waals surface area contributed by atoms with Gasteiger partial charge < -0.3 is 9.64 Å². The molecule has 0 aliphatic carbocycles. The van der Waals surface area contributed by atoms with E-state index in [1.165, 1.54) is 12.6 Å². The molecular formula is C20H23BrFN3O4S. The second-order valence-corrected chi connectivity index (χ2v) is 10.1. The third-order valence-corrected chi connectivity index (χ3v) is 7.25. The van der Waals surface area contributed by atoms with Crippen LogP contribution in [0.3, 0.4) is 0 Å². The van der Waals surface area contributed by atoms with Crippen LogP contribution < -0.4 is 9.62 Å². The van der Waals surface area contributed by atoms with Crippen LogP contribution in [0.15, 0.2) is 39.8 Å². The molecule has 0 bridgehead atoms. The van der Waals surface area contributed by atoms with E-state index in [1.807, 2.05) is 0 Å². The second-order valence-electron chi connectivity index (χ2n) is 7.62. The molecule has 1 N–H and O–H groups in total. The molecule has 2 heterocycles. The molecule has 1 aromatic heterocycles. The molecule has 0 radical (unpaired) electrons. The SMILES string of the molecule is COC(=O)c1cc(S(=O)(=O)Nc2ccc(N3C[C@@H](C)C[C@H](C)C3)nc2)c(Br)cc1F. The molecule has 1 fully saturated rings. The summed E-state index contributed by atoms with van der Waals surface area (Å²) in [6.45, 7) is 6.21. The van der Waals surface area contributed by atoms with Crippen molar-refractivity contribution in [2.75, 3.05) is 29.8 Å². The minimum atomic E-state index is -4.11. The first-order chi connectivity index (χ1) is 14.1. The number of anilines is 2. The number of methoxy groups -OCH3 is 1. The van der Waals surface area contributed by atoms with Crippen molar-refractivity contribution < 1.29 is 22.3 Å². The number of aromatic nitrogens is 1. The van der Waals surface area contributed by atoms with E-state index in [0.29, 0.717) is 11.8 Å². The highest BCUT2D eigenvalue weighted by Crippen LogP contribution is 2.29. The summed E-state index contributed by atoms with van der Waals surface area (Å²) in [5.41, 5.74) is -0.212. The molecule has 0 unspecified atom stereocenters. The van der Waals surface area contributed by atoms with Gasteiger partial charge in [-0.2, -0.15) is 0 Å². The van der Waals surface area contributed by atoms with Gasteiger partial charge in [0, 0.05) is 17.6 Å². The zero-order chi connectivity index (χ0) is 22.1. The van der Waals surface area contributed by atoms with E-state index in [4.69, 9.17) is 0 Å². The summed E-state index contributed by atoms with van der Waals surface area (Å²) in [6.07, 6.45) is 2.62. The molecular weight excluding hydrogens is 477 g/mol. The molecule has 0 amide bonds. The van der Waals surface area contributed by atoms with Crippen LogP contribution in [-0.2, 0) is 14.8 Å². The van der Waals surface area contributed by atoms with Gasteiger partial charge >= 0.3 is 5.97 Å². The standard InChI is InChI=1S/C20H23BrFN3O4S/c1-12-6-13(2)11-25(10-12)19-5-4-14(9-23-19)24-30(27,28)18-7-15(20(26)29-3)17(22)8-16(18)21/h4-5,7-9,12-13,24H,6,10-11H2,1-3H3/t12-,13-/m0/s1. The van der Waals surface area contributed by atoms with Crippen molar-refractivity contribution in [3.05, 3.63) is 46.3 Å². The molecule has 7 nitrogen and oxygen atoms in total. The fourth-order valence-corrected chi connectivity index (χ4v) is 5.78. The minimum absolute atomic E-state index is 0.0129. The minimum Gasteiger partial charge on any atom is -0.465 e. The summed E-state index contributed by atoms with van der Waals surface area (Å²) in [7, 11) is -3.01. The highest BCUT2D eigenvalue weighted by Gasteiger charge is 2.25. The van der Waals surface area contributed by atoms with Crippen molar-refractivity contribution in [1.82, 2.24) is 4.98 Å². The van der Waals surface area contributed by atoms with E-state index < -0.39 is 27.4 Å². The number of pyridine rings is 1. The third kappa shape index (κ3) is 4.92. The number of hydrogen-bond acceptors (Lipinski definition) is 6. The molecule has 1 aliphatic rings. The van der Waals surface area contributed by atoms with Crippen molar-refractivity contribution in [1.29, 1.82) is 0 Å². The number of ether oxygens (including phenoxy) is 1. The van der Waals surface area contributed by atoms with E-state index in [2.05, 4.69) is 49.1 Å². The monoisotopic (exact) mass is 499 g/mol. The molecule has 1 aromatic carbocycles. The number of piperidine rings is 1. The lowest BCUT2D eigenvalue weighted by Crippen LogP contribution is -2.39. The first-order valence-corrected chi connectivity index (χ1v) is 11.7. The Hall–Kier alpha value is -2.20. The molecule has 1 saturated heterocycles. The van der Waals surface area contributed by atoms with Crippen molar-refractivity contribution in [2.24, 2.45) is 11.8 Å². The van der Waals surface area contributed by atoms with Crippen LogP contribution in [0.4, 0.5) is 15.9 Å². The van der Waals surface area contributed by atoms with Gasteiger partial charge in [0.05, 0.1) is 24.6 Å². The van der Waals surface area contributed by atoms with Crippen molar-refractivity contribution in [2.45, 2.75) is 25.2 Å². The summed E-state index contributed by atoms with van der Waals surface area (Å²) in [5.74, 6) is 0.0607. The smallest absolute Gasteiger partial charge is 0.340 e. The van der Waals surface area contributed by atoms with E-state index in [1.54, 1.807) is 12.1 Å². The maximum atomic E-state index is 14.0. The zero-order valence-corrected chi connectivity index (χ0v) is 19.3. The van der Waals surface area contributed by atoms with Crippen LogP contribution in [0.25, 0.3) is 0 Å². The first-order valence-electron chi connectivity index (χ1n) is 9.42. The Balaban J connectivity index is 1.83. The number of sulfonamides is 1. The topological polar surface area (TPSA) is 88.6 Å². The molecule has 162 valence electrons. The van der Waals surface area contributed by atoms with Crippen molar-refractivity contribution in [3.63, 3.8) is 0 Å². The van der Waals surface area contributed by atoms with Gasteiger partial charge in [0.2, 0.25) is 0 Å². The van der Waals surface area contributed by atoms with Gasteiger partial charge in [-0.1, -0.05) is 13.8 Å². The van der Waals surface area contributed by atoms with Gasteiger partial charge in [-0.15, -0.1) is 0 Å². The predicted molar refractivity (Wildman–Crippen MR) is 116 cm³/mol. The Bertz CT molecular complexity index is 1040. The largest absolute Gasteiger partial charge is 0.465 e. The lowest BCUT2D eigenvalue weighted by molar-refractivity contribution is 0.0595. The van der Waals surface area contributed by atoms with Crippen molar-refractivity contribution >= 4 is 43.4 Å². The molecule has 2 atom stereocenters. The molecule has 3 rings (SSSR count). The van der Waals surface area contributed by atoms with Gasteiger partial charge in [0.15, 0.2) is 0 Å². The number of nitrogens with one attached hydrogen (secondary N) is 1. The summed E-state index contributed by atoms with van der Waals surface area (Å²) in [6, 6.07) is 5.25. The summed E-state index contributed by atoms with van der Waals surface area (Å²) >= 11 is 3.04. The van der Waals surface area contributed by atoms with E-state index >= 15 is 0 Å². The number of hydrogen-bond donors (Lipinski definition) is 1. The van der Waals surface area contributed by atoms with Crippen LogP contribution in [0.1, 0.15) is 30.6 Å². The Morgan fingerprint density at radius 2 is 1.93 bits per heavy atom. The maximum Gasteiger partial charge on any atom is 0.340 e. The number of halogens is 2. The Kier molecular flexibility index (Phi) is 6.66. The first kappa shape index (κ1) is 22.5. The third-order valence-electron chi connectivity index (χ3n) is 4.91. The van der Waals surface area contributed by atoms with Crippen LogP contribution >= 0.6 is 15.9 Å². The van der Waals surface area contributed by atoms with E-state index in [-0.39, 0.29) is 15.1 Å². The average Bonchev–Trinajstić information content (AvgIpc) is 2.66.